The Morgan fingerprint density at radius 2 is 1.63 bits per heavy atom. The van der Waals surface area contributed by atoms with Gasteiger partial charge in [-0.2, -0.15) is 4.98 Å². The lowest BCUT2D eigenvalue weighted by Crippen LogP contribution is -2.39. The molecular formula is C31H42N6O6. The number of imide groups is 1. The number of amides is 3. The predicted octanol–water partition coefficient (Wildman–Crippen LogP) is 4.33. The fraction of sp³-hybridized carbons (Fsp3) is 0.548. The lowest BCUT2D eigenvalue weighted by atomic mass is 10.0. The van der Waals surface area contributed by atoms with Crippen molar-refractivity contribution in [3.8, 4) is 5.75 Å². The standard InChI is InChI=1S/C31H42N6O6/c1-6-35(7-2)29-32-20-24(37-25(38)15-16-26(37)39)27(34-29)33-23(28(40)43-31(3,4)5)19-21-11-13-22(14-12-21)42-30(41)36-17-9-8-10-18-36/h11-14,20,23H,6-10,15-19H2,1-5H3,(H,32,33,34). The molecule has 0 bridgehead atoms. The number of ether oxygens (including phenoxy) is 2. The summed E-state index contributed by atoms with van der Waals surface area (Å²) in [4.78, 5) is 65.1. The zero-order valence-corrected chi connectivity index (χ0v) is 25.7. The number of rotatable bonds is 10. The van der Waals surface area contributed by atoms with Crippen molar-refractivity contribution in [2.45, 2.75) is 84.8 Å². The lowest BCUT2D eigenvalue weighted by molar-refractivity contribution is -0.155. The van der Waals surface area contributed by atoms with Gasteiger partial charge in [-0.05, 0) is 71.6 Å². The van der Waals surface area contributed by atoms with E-state index in [2.05, 4.69) is 15.3 Å². The fourth-order valence-electron chi connectivity index (χ4n) is 5.04. The van der Waals surface area contributed by atoms with E-state index in [9.17, 15) is 19.2 Å². The van der Waals surface area contributed by atoms with Crippen LogP contribution in [0.2, 0.25) is 0 Å². The van der Waals surface area contributed by atoms with Gasteiger partial charge in [-0.3, -0.25) is 9.59 Å². The molecule has 2 aromatic rings. The summed E-state index contributed by atoms with van der Waals surface area (Å²) >= 11 is 0. The topological polar surface area (TPSA) is 134 Å². The van der Waals surface area contributed by atoms with E-state index in [0.717, 1.165) is 29.7 Å². The molecule has 1 atom stereocenters. The molecule has 1 aromatic heterocycles. The van der Waals surface area contributed by atoms with Crippen LogP contribution in [-0.4, -0.2) is 76.6 Å². The van der Waals surface area contributed by atoms with E-state index in [-0.39, 0.29) is 48.7 Å². The van der Waals surface area contributed by atoms with Crippen LogP contribution >= 0.6 is 0 Å². The molecule has 2 aliphatic rings. The molecule has 2 saturated heterocycles. The van der Waals surface area contributed by atoms with Crippen molar-refractivity contribution in [1.82, 2.24) is 14.9 Å². The Balaban J connectivity index is 1.61. The molecule has 43 heavy (non-hydrogen) atoms. The quantitative estimate of drug-likeness (QED) is 0.313. The smallest absolute Gasteiger partial charge is 0.415 e. The lowest BCUT2D eigenvalue weighted by Gasteiger charge is -2.27. The molecular weight excluding hydrogens is 552 g/mol. The molecule has 12 heteroatoms. The molecule has 1 unspecified atom stereocenters. The summed E-state index contributed by atoms with van der Waals surface area (Å²) in [6.45, 7) is 11.9. The molecule has 4 rings (SSSR count). The molecule has 0 radical (unpaired) electrons. The van der Waals surface area contributed by atoms with Gasteiger partial charge in [0.05, 0.1) is 6.20 Å². The van der Waals surface area contributed by atoms with E-state index in [1.54, 1.807) is 49.9 Å². The highest BCUT2D eigenvalue weighted by Crippen LogP contribution is 2.31. The number of hydrogen-bond donors (Lipinski definition) is 1. The second-order valence-corrected chi connectivity index (χ2v) is 11.7. The maximum atomic E-state index is 13.5. The van der Waals surface area contributed by atoms with Crippen LogP contribution < -0.4 is 19.9 Å². The van der Waals surface area contributed by atoms with E-state index < -0.39 is 17.6 Å². The number of carbonyl (C=O) groups is 4. The third-order valence-electron chi connectivity index (χ3n) is 7.28. The number of hydrogen-bond acceptors (Lipinski definition) is 10. The summed E-state index contributed by atoms with van der Waals surface area (Å²) in [5.74, 6) is -0.233. The largest absolute Gasteiger partial charge is 0.458 e. The third-order valence-corrected chi connectivity index (χ3v) is 7.28. The van der Waals surface area contributed by atoms with Crippen LogP contribution in [0.4, 0.5) is 22.2 Å². The normalized spacial score (nSPS) is 16.2. The van der Waals surface area contributed by atoms with Crippen molar-refractivity contribution in [3.63, 3.8) is 0 Å². The van der Waals surface area contributed by atoms with Crippen molar-refractivity contribution in [3.05, 3.63) is 36.0 Å². The van der Waals surface area contributed by atoms with Gasteiger partial charge in [0.1, 0.15) is 23.1 Å². The average molecular weight is 595 g/mol. The number of likely N-dealkylation sites (tertiary alicyclic amines) is 1. The Morgan fingerprint density at radius 1 is 1.00 bits per heavy atom. The first kappa shape index (κ1) is 31.7. The molecule has 1 N–H and O–H groups in total. The Kier molecular flexibility index (Phi) is 10.2. The summed E-state index contributed by atoms with van der Waals surface area (Å²) < 4.78 is 11.3. The number of piperidine rings is 1. The number of nitrogens with zero attached hydrogens (tertiary/aromatic N) is 5. The first-order valence-corrected chi connectivity index (χ1v) is 15.0. The Bertz CT molecular complexity index is 1300. The highest BCUT2D eigenvalue weighted by Gasteiger charge is 2.35. The minimum Gasteiger partial charge on any atom is -0.458 e. The highest BCUT2D eigenvalue weighted by molar-refractivity contribution is 6.21. The van der Waals surface area contributed by atoms with Crippen molar-refractivity contribution >= 4 is 41.3 Å². The van der Waals surface area contributed by atoms with Crippen molar-refractivity contribution in [2.75, 3.05) is 41.3 Å². The van der Waals surface area contributed by atoms with Gasteiger partial charge in [0.15, 0.2) is 5.82 Å². The molecule has 0 aliphatic carbocycles. The van der Waals surface area contributed by atoms with Gasteiger partial charge >= 0.3 is 12.1 Å². The van der Waals surface area contributed by atoms with E-state index in [0.29, 0.717) is 37.9 Å². The minimum absolute atomic E-state index is 0.0975. The maximum Gasteiger partial charge on any atom is 0.415 e. The molecule has 2 aliphatic heterocycles. The Morgan fingerprint density at radius 3 is 2.21 bits per heavy atom. The summed E-state index contributed by atoms with van der Waals surface area (Å²) in [5, 5.41) is 3.18. The molecule has 3 heterocycles. The van der Waals surface area contributed by atoms with Gasteiger partial charge in [-0.15, -0.1) is 0 Å². The van der Waals surface area contributed by atoms with Gasteiger partial charge < -0.3 is 24.6 Å². The molecule has 0 spiro atoms. The van der Waals surface area contributed by atoms with Crippen LogP contribution in [0.3, 0.4) is 0 Å². The number of esters is 1. The van der Waals surface area contributed by atoms with E-state index in [1.807, 2.05) is 18.7 Å². The van der Waals surface area contributed by atoms with Crippen LogP contribution in [0.15, 0.2) is 30.5 Å². The average Bonchev–Trinajstić information content (AvgIpc) is 3.31. The predicted molar refractivity (Wildman–Crippen MR) is 162 cm³/mol. The van der Waals surface area contributed by atoms with Crippen molar-refractivity contribution < 1.29 is 28.7 Å². The van der Waals surface area contributed by atoms with E-state index in [4.69, 9.17) is 9.47 Å². The number of aromatic nitrogens is 2. The van der Waals surface area contributed by atoms with Crippen LogP contribution in [0.5, 0.6) is 5.75 Å². The first-order valence-electron chi connectivity index (χ1n) is 15.0. The summed E-state index contributed by atoms with van der Waals surface area (Å²) in [6.07, 6.45) is 4.52. The van der Waals surface area contributed by atoms with Gasteiger partial charge in [0, 0.05) is 45.4 Å². The zero-order valence-electron chi connectivity index (χ0n) is 25.7. The maximum absolute atomic E-state index is 13.5. The van der Waals surface area contributed by atoms with Gasteiger partial charge in [0.2, 0.25) is 17.8 Å². The Hall–Kier alpha value is -4.22. The second kappa shape index (κ2) is 13.8. The van der Waals surface area contributed by atoms with Crippen LogP contribution in [0.25, 0.3) is 0 Å². The molecule has 12 nitrogen and oxygen atoms in total. The minimum atomic E-state index is -0.924. The fourth-order valence-corrected chi connectivity index (χ4v) is 5.04. The second-order valence-electron chi connectivity index (χ2n) is 11.7. The van der Waals surface area contributed by atoms with Crippen molar-refractivity contribution in [1.29, 1.82) is 0 Å². The highest BCUT2D eigenvalue weighted by atomic mass is 16.6. The van der Waals surface area contributed by atoms with Crippen LogP contribution in [0, 0.1) is 0 Å². The van der Waals surface area contributed by atoms with Gasteiger partial charge in [0.25, 0.3) is 0 Å². The summed E-state index contributed by atoms with van der Waals surface area (Å²) in [6, 6.07) is 6.03. The van der Waals surface area contributed by atoms with E-state index in [1.165, 1.54) is 6.20 Å². The van der Waals surface area contributed by atoms with Gasteiger partial charge in [-0.1, -0.05) is 12.1 Å². The SMILES string of the molecule is CCN(CC)c1ncc(N2C(=O)CCC2=O)c(NC(Cc2ccc(OC(=O)N3CCCCC3)cc2)C(=O)OC(C)(C)C)n1. The molecule has 0 saturated carbocycles. The first-order chi connectivity index (χ1) is 20.5. The number of carbonyl (C=O) groups excluding carboxylic acids is 4. The Labute approximate surface area is 252 Å². The van der Waals surface area contributed by atoms with Crippen LogP contribution in [0.1, 0.15) is 72.3 Å². The summed E-state index contributed by atoms with van der Waals surface area (Å²) in [7, 11) is 0. The zero-order chi connectivity index (χ0) is 31.1. The molecule has 2 fully saturated rings. The van der Waals surface area contributed by atoms with E-state index >= 15 is 0 Å². The third kappa shape index (κ3) is 8.20. The molecule has 1 aromatic carbocycles. The number of anilines is 3. The number of benzene rings is 1. The monoisotopic (exact) mass is 594 g/mol. The van der Waals surface area contributed by atoms with Gasteiger partial charge in [-0.25, -0.2) is 19.5 Å². The molecule has 3 amide bonds. The summed E-state index contributed by atoms with van der Waals surface area (Å²) in [5.41, 5.74) is 0.205. The molecule has 232 valence electrons. The van der Waals surface area contributed by atoms with Crippen LogP contribution in [-0.2, 0) is 25.5 Å². The number of nitrogens with one attached hydrogen (secondary N) is 1. The van der Waals surface area contributed by atoms with Crippen molar-refractivity contribution in [2.24, 2.45) is 0 Å².